The number of anilines is 1. The normalized spacial score (nSPS) is 10.7. The molecule has 1 heterocycles. The van der Waals surface area contributed by atoms with E-state index in [1.807, 2.05) is 44.3 Å². The monoisotopic (exact) mass is 264 g/mol. The molecule has 0 fully saturated rings. The van der Waals surface area contributed by atoms with Crippen molar-refractivity contribution >= 4 is 16.6 Å². The fraction of sp³-hybridized carbons (Fsp3) is 0.118. The van der Waals surface area contributed by atoms with E-state index in [1.165, 1.54) is 0 Å². The molecule has 0 radical (unpaired) electrons. The molecule has 0 unspecified atom stereocenters. The minimum Gasteiger partial charge on any atom is -0.388 e. The number of H-pyrrole nitrogens is 1. The van der Waals surface area contributed by atoms with Crippen molar-refractivity contribution in [1.82, 2.24) is 4.98 Å². The van der Waals surface area contributed by atoms with Crippen LogP contribution in [-0.2, 0) is 0 Å². The summed E-state index contributed by atoms with van der Waals surface area (Å²) in [6.07, 6.45) is 0. The van der Waals surface area contributed by atoms with Gasteiger partial charge < -0.3 is 10.3 Å². The fourth-order valence-corrected chi connectivity index (χ4v) is 2.35. The molecule has 0 aliphatic carbocycles. The molecule has 3 aromatic rings. The Morgan fingerprint density at radius 1 is 1.00 bits per heavy atom. The molecule has 3 heteroatoms. The first-order chi connectivity index (χ1) is 9.67. The maximum Gasteiger partial charge on any atom is 0.251 e. The molecule has 2 aromatic carbocycles. The van der Waals surface area contributed by atoms with Gasteiger partial charge in [0, 0.05) is 23.8 Å². The van der Waals surface area contributed by atoms with Crippen LogP contribution in [0, 0.1) is 6.92 Å². The molecule has 20 heavy (non-hydrogen) atoms. The molecule has 3 nitrogen and oxygen atoms in total. The third-order valence-electron chi connectivity index (χ3n) is 3.51. The lowest BCUT2D eigenvalue weighted by Gasteiger charge is -2.07. The lowest BCUT2D eigenvalue weighted by molar-refractivity contribution is 1.24. The van der Waals surface area contributed by atoms with Gasteiger partial charge in [0.05, 0.1) is 0 Å². The highest BCUT2D eigenvalue weighted by atomic mass is 16.1. The van der Waals surface area contributed by atoms with Gasteiger partial charge in [0.25, 0.3) is 5.56 Å². The number of aromatic nitrogens is 1. The Bertz CT molecular complexity index is 834. The number of benzene rings is 2. The summed E-state index contributed by atoms with van der Waals surface area (Å²) in [5.41, 5.74) is 4.96. The molecular weight excluding hydrogens is 248 g/mol. The van der Waals surface area contributed by atoms with Crippen LogP contribution in [0.4, 0.5) is 5.69 Å². The van der Waals surface area contributed by atoms with Crippen LogP contribution in [0.2, 0.25) is 0 Å². The number of fused-ring (bicyclic) bond motifs is 1. The Morgan fingerprint density at radius 3 is 2.60 bits per heavy atom. The van der Waals surface area contributed by atoms with Crippen LogP contribution in [-0.4, -0.2) is 12.0 Å². The van der Waals surface area contributed by atoms with E-state index >= 15 is 0 Å². The molecule has 0 spiro atoms. The Balaban J connectivity index is 2.17. The minimum absolute atomic E-state index is 0.0255. The zero-order valence-corrected chi connectivity index (χ0v) is 11.5. The number of rotatable bonds is 2. The zero-order valence-electron chi connectivity index (χ0n) is 11.5. The molecule has 100 valence electrons. The van der Waals surface area contributed by atoms with Gasteiger partial charge in [-0.25, -0.2) is 0 Å². The number of hydrogen-bond donors (Lipinski definition) is 2. The average molecular weight is 264 g/mol. The van der Waals surface area contributed by atoms with Gasteiger partial charge in [-0.3, -0.25) is 4.79 Å². The average Bonchev–Trinajstić information content (AvgIpc) is 2.48. The standard InChI is InChI=1S/C17H16N2O/c1-11-8-14-9-13(6-7-16(14)19-17(11)20)12-4-3-5-15(10-12)18-2/h3-10,18H,1-2H3,(H,19,20). The van der Waals surface area contributed by atoms with Gasteiger partial charge in [0.15, 0.2) is 0 Å². The van der Waals surface area contributed by atoms with Crippen molar-refractivity contribution < 1.29 is 0 Å². The number of nitrogens with one attached hydrogen (secondary N) is 2. The van der Waals surface area contributed by atoms with Crippen molar-refractivity contribution in [3.8, 4) is 11.1 Å². The molecule has 1 aromatic heterocycles. The number of hydrogen-bond acceptors (Lipinski definition) is 2. The summed E-state index contributed by atoms with van der Waals surface area (Å²) < 4.78 is 0. The van der Waals surface area contributed by atoms with Gasteiger partial charge in [-0.05, 0) is 53.8 Å². The fourth-order valence-electron chi connectivity index (χ4n) is 2.35. The van der Waals surface area contributed by atoms with E-state index in [9.17, 15) is 4.79 Å². The molecule has 0 saturated carbocycles. The van der Waals surface area contributed by atoms with E-state index in [0.717, 1.165) is 33.3 Å². The van der Waals surface area contributed by atoms with E-state index in [4.69, 9.17) is 0 Å². The molecular formula is C17H16N2O. The largest absolute Gasteiger partial charge is 0.388 e. The van der Waals surface area contributed by atoms with E-state index in [2.05, 4.69) is 28.5 Å². The molecule has 0 atom stereocenters. The highest BCUT2D eigenvalue weighted by Gasteiger charge is 2.03. The maximum absolute atomic E-state index is 11.6. The van der Waals surface area contributed by atoms with E-state index in [-0.39, 0.29) is 5.56 Å². The van der Waals surface area contributed by atoms with Gasteiger partial charge in [0.1, 0.15) is 0 Å². The molecule has 3 rings (SSSR count). The van der Waals surface area contributed by atoms with Crippen LogP contribution in [0.1, 0.15) is 5.56 Å². The van der Waals surface area contributed by atoms with E-state index in [1.54, 1.807) is 0 Å². The van der Waals surface area contributed by atoms with Crippen LogP contribution in [0.25, 0.3) is 22.0 Å². The highest BCUT2D eigenvalue weighted by Crippen LogP contribution is 2.25. The van der Waals surface area contributed by atoms with Gasteiger partial charge in [0.2, 0.25) is 0 Å². The lowest BCUT2D eigenvalue weighted by Crippen LogP contribution is -2.08. The second-order valence-corrected chi connectivity index (χ2v) is 4.91. The van der Waals surface area contributed by atoms with Crippen molar-refractivity contribution in [2.75, 3.05) is 12.4 Å². The SMILES string of the molecule is CNc1cccc(-c2ccc3[nH]c(=O)c(C)cc3c2)c1. The van der Waals surface area contributed by atoms with Crippen LogP contribution in [0.3, 0.4) is 0 Å². The smallest absolute Gasteiger partial charge is 0.251 e. The third-order valence-corrected chi connectivity index (χ3v) is 3.51. The quantitative estimate of drug-likeness (QED) is 0.743. The minimum atomic E-state index is -0.0255. The molecule has 0 aliphatic heterocycles. The zero-order chi connectivity index (χ0) is 14.1. The van der Waals surface area contributed by atoms with Crippen molar-refractivity contribution in [2.24, 2.45) is 0 Å². The first-order valence-electron chi connectivity index (χ1n) is 6.59. The third kappa shape index (κ3) is 2.18. The van der Waals surface area contributed by atoms with Crippen molar-refractivity contribution in [1.29, 1.82) is 0 Å². The number of pyridine rings is 1. The van der Waals surface area contributed by atoms with Crippen molar-refractivity contribution in [3.05, 3.63) is 64.4 Å². The summed E-state index contributed by atoms with van der Waals surface area (Å²) in [4.78, 5) is 14.5. The highest BCUT2D eigenvalue weighted by molar-refractivity contribution is 5.85. The second kappa shape index (κ2) is 4.85. The summed E-state index contributed by atoms with van der Waals surface area (Å²) in [6.45, 7) is 1.83. The van der Waals surface area contributed by atoms with Crippen LogP contribution >= 0.6 is 0 Å². The maximum atomic E-state index is 11.6. The summed E-state index contributed by atoms with van der Waals surface area (Å²) >= 11 is 0. The van der Waals surface area contributed by atoms with E-state index in [0.29, 0.717) is 0 Å². The second-order valence-electron chi connectivity index (χ2n) is 4.91. The Labute approximate surface area is 117 Å². The first-order valence-corrected chi connectivity index (χ1v) is 6.59. The van der Waals surface area contributed by atoms with Crippen LogP contribution < -0.4 is 10.9 Å². The summed E-state index contributed by atoms with van der Waals surface area (Å²) in [6, 6.07) is 16.3. The number of aryl methyl sites for hydroxylation is 1. The van der Waals surface area contributed by atoms with Gasteiger partial charge >= 0.3 is 0 Å². The lowest BCUT2D eigenvalue weighted by atomic mass is 10.0. The topological polar surface area (TPSA) is 44.9 Å². The number of aromatic amines is 1. The summed E-state index contributed by atoms with van der Waals surface area (Å²) in [5.74, 6) is 0. The van der Waals surface area contributed by atoms with Gasteiger partial charge in [-0.1, -0.05) is 18.2 Å². The van der Waals surface area contributed by atoms with Gasteiger partial charge in [-0.15, -0.1) is 0 Å². The van der Waals surface area contributed by atoms with Crippen LogP contribution in [0.15, 0.2) is 53.3 Å². The molecule has 0 amide bonds. The summed E-state index contributed by atoms with van der Waals surface area (Å²) in [5, 5.41) is 4.19. The first kappa shape index (κ1) is 12.5. The van der Waals surface area contributed by atoms with E-state index < -0.39 is 0 Å². The summed E-state index contributed by atoms with van der Waals surface area (Å²) in [7, 11) is 1.91. The predicted octanol–water partition coefficient (Wildman–Crippen LogP) is 3.55. The molecule has 0 bridgehead atoms. The van der Waals surface area contributed by atoms with Gasteiger partial charge in [-0.2, -0.15) is 0 Å². The van der Waals surface area contributed by atoms with Crippen molar-refractivity contribution in [2.45, 2.75) is 6.92 Å². The molecule has 0 saturated heterocycles. The molecule has 0 aliphatic rings. The molecule has 2 N–H and O–H groups in total. The van der Waals surface area contributed by atoms with Crippen LogP contribution in [0.5, 0.6) is 0 Å². The Hall–Kier alpha value is -2.55. The Kier molecular flexibility index (Phi) is 3.03. The Morgan fingerprint density at radius 2 is 1.80 bits per heavy atom. The predicted molar refractivity (Wildman–Crippen MR) is 84.3 cm³/mol. The van der Waals surface area contributed by atoms with Crippen molar-refractivity contribution in [3.63, 3.8) is 0 Å².